The van der Waals surface area contributed by atoms with Gasteiger partial charge in [0.25, 0.3) is 11.6 Å². The summed E-state index contributed by atoms with van der Waals surface area (Å²) in [5, 5.41) is 15.1. The highest BCUT2D eigenvalue weighted by Crippen LogP contribution is 2.28. The molecule has 0 radical (unpaired) electrons. The Hall–Kier alpha value is -3.74. The number of hydrogen-bond acceptors (Lipinski definition) is 5. The fourth-order valence-corrected chi connectivity index (χ4v) is 2.72. The summed E-state index contributed by atoms with van der Waals surface area (Å²) >= 11 is 0. The normalized spacial score (nSPS) is 11.6. The molecule has 0 aliphatic heterocycles. The van der Waals surface area contributed by atoms with Gasteiger partial charge in [0.05, 0.1) is 10.5 Å². The molecular formula is C20H16N2O5. The zero-order chi connectivity index (χ0) is 19.4. The predicted molar refractivity (Wildman–Crippen MR) is 101 cm³/mol. The molecule has 0 aliphatic rings. The number of nitro groups is 1. The number of amides is 1. The molecule has 0 unspecified atom stereocenters. The second-order valence-electron chi connectivity index (χ2n) is 5.84. The van der Waals surface area contributed by atoms with Gasteiger partial charge in [-0.1, -0.05) is 42.5 Å². The molecule has 0 saturated heterocycles. The Kier molecular flexibility index (Phi) is 5.12. The molecule has 0 saturated carbocycles. The Balaban J connectivity index is 1.82. The summed E-state index contributed by atoms with van der Waals surface area (Å²) in [4.78, 5) is 34.4. The molecule has 3 aromatic carbocycles. The van der Waals surface area contributed by atoms with Gasteiger partial charge in [0.15, 0.2) is 12.4 Å². The van der Waals surface area contributed by atoms with Gasteiger partial charge < -0.3 is 10.1 Å². The highest BCUT2D eigenvalue weighted by molar-refractivity contribution is 6.01. The number of carbonyl (C=O) groups excluding carboxylic acids is 2. The van der Waals surface area contributed by atoms with Gasteiger partial charge in [-0.05, 0) is 29.8 Å². The Morgan fingerprint density at radius 2 is 1.81 bits per heavy atom. The Morgan fingerprint density at radius 3 is 2.56 bits per heavy atom. The van der Waals surface area contributed by atoms with Crippen LogP contribution in [0.25, 0.3) is 10.8 Å². The summed E-state index contributed by atoms with van der Waals surface area (Å²) < 4.78 is 5.67. The minimum atomic E-state index is -0.968. The number of fused-ring (bicyclic) bond motifs is 1. The largest absolute Gasteiger partial charge is 0.480 e. The topological polar surface area (TPSA) is 98.5 Å². The van der Waals surface area contributed by atoms with Crippen molar-refractivity contribution >= 4 is 34.3 Å². The maximum Gasteiger partial charge on any atom is 0.292 e. The molecule has 0 heterocycles. The van der Waals surface area contributed by atoms with E-state index in [0.717, 1.165) is 10.8 Å². The van der Waals surface area contributed by atoms with Crippen LogP contribution in [0, 0.1) is 10.1 Å². The number of carbonyl (C=O) groups is 2. The number of nitro benzene ring substituents is 1. The van der Waals surface area contributed by atoms with Crippen molar-refractivity contribution in [3.8, 4) is 5.75 Å². The first-order chi connectivity index (χ1) is 13.0. The van der Waals surface area contributed by atoms with Crippen LogP contribution in [0.5, 0.6) is 5.75 Å². The quantitative estimate of drug-likeness (QED) is 0.405. The van der Waals surface area contributed by atoms with Crippen LogP contribution in [-0.2, 0) is 4.79 Å². The number of ether oxygens (including phenoxy) is 1. The fourth-order valence-electron chi connectivity index (χ4n) is 2.72. The average molecular weight is 364 g/mol. The lowest BCUT2D eigenvalue weighted by Gasteiger charge is -2.17. The van der Waals surface area contributed by atoms with E-state index in [0.29, 0.717) is 11.8 Å². The lowest BCUT2D eigenvalue weighted by Crippen LogP contribution is -2.30. The smallest absolute Gasteiger partial charge is 0.292 e. The van der Waals surface area contributed by atoms with Crippen molar-refractivity contribution in [2.45, 2.75) is 13.0 Å². The van der Waals surface area contributed by atoms with Crippen LogP contribution in [0.15, 0.2) is 60.7 Å². The molecule has 0 aromatic heterocycles. The number of rotatable bonds is 6. The van der Waals surface area contributed by atoms with E-state index in [2.05, 4.69) is 5.32 Å². The molecule has 1 N–H and O–H groups in total. The van der Waals surface area contributed by atoms with Crippen LogP contribution in [0.1, 0.15) is 17.3 Å². The second kappa shape index (κ2) is 7.65. The number of nitrogens with zero attached hydrogens (tertiary/aromatic N) is 1. The van der Waals surface area contributed by atoms with Gasteiger partial charge in [0, 0.05) is 6.07 Å². The number of nitrogens with one attached hydrogen (secondary N) is 1. The van der Waals surface area contributed by atoms with Gasteiger partial charge >= 0.3 is 0 Å². The average Bonchev–Trinajstić information content (AvgIpc) is 2.68. The third-order valence-electron chi connectivity index (χ3n) is 4.08. The van der Waals surface area contributed by atoms with Crippen molar-refractivity contribution < 1.29 is 19.2 Å². The Labute approximate surface area is 154 Å². The van der Waals surface area contributed by atoms with Gasteiger partial charge in [0.1, 0.15) is 11.4 Å². The van der Waals surface area contributed by atoms with Gasteiger partial charge in [-0.2, -0.15) is 0 Å². The molecule has 0 bridgehead atoms. The van der Waals surface area contributed by atoms with Crippen molar-refractivity contribution in [3.05, 3.63) is 76.3 Å². The Bertz CT molecular complexity index is 1030. The molecule has 1 atom stereocenters. The van der Waals surface area contributed by atoms with Crippen molar-refractivity contribution in [2.24, 2.45) is 0 Å². The van der Waals surface area contributed by atoms with Crippen LogP contribution >= 0.6 is 0 Å². The van der Waals surface area contributed by atoms with Gasteiger partial charge in [0.2, 0.25) is 0 Å². The van der Waals surface area contributed by atoms with Crippen LogP contribution in [0.4, 0.5) is 11.4 Å². The van der Waals surface area contributed by atoms with Crippen molar-refractivity contribution in [3.63, 3.8) is 0 Å². The third kappa shape index (κ3) is 3.77. The molecule has 1 amide bonds. The predicted octanol–water partition coefficient (Wildman–Crippen LogP) is 3.97. The molecule has 7 heteroatoms. The summed E-state index contributed by atoms with van der Waals surface area (Å²) in [6.45, 7) is 1.51. The van der Waals surface area contributed by atoms with Crippen LogP contribution in [0.2, 0.25) is 0 Å². The van der Waals surface area contributed by atoms with Crippen LogP contribution in [-0.4, -0.2) is 23.2 Å². The molecule has 7 nitrogen and oxygen atoms in total. The van der Waals surface area contributed by atoms with Gasteiger partial charge in [-0.15, -0.1) is 0 Å². The lowest BCUT2D eigenvalue weighted by atomic mass is 10.0. The first-order valence-corrected chi connectivity index (χ1v) is 8.19. The SMILES string of the molecule is C[C@H](Oc1ccc2ccccc2c1C=O)C(=O)Nc1ccccc1[N+](=O)[O-]. The first-order valence-electron chi connectivity index (χ1n) is 8.19. The first kappa shape index (κ1) is 18.1. The third-order valence-corrected chi connectivity index (χ3v) is 4.08. The minimum absolute atomic E-state index is 0.0806. The minimum Gasteiger partial charge on any atom is -0.480 e. The molecule has 0 fully saturated rings. The molecule has 3 aromatic rings. The second-order valence-corrected chi connectivity index (χ2v) is 5.84. The summed E-state index contributed by atoms with van der Waals surface area (Å²) in [6.07, 6.45) is -0.283. The molecule has 27 heavy (non-hydrogen) atoms. The zero-order valence-corrected chi connectivity index (χ0v) is 14.4. The molecule has 0 aliphatic carbocycles. The number of para-hydroxylation sites is 2. The van der Waals surface area contributed by atoms with E-state index in [9.17, 15) is 19.7 Å². The summed E-state index contributed by atoms with van der Waals surface area (Å²) in [5.74, 6) is -0.289. The highest BCUT2D eigenvalue weighted by Gasteiger charge is 2.21. The number of hydrogen-bond donors (Lipinski definition) is 1. The van der Waals surface area contributed by atoms with Crippen molar-refractivity contribution in [1.29, 1.82) is 0 Å². The van der Waals surface area contributed by atoms with E-state index in [1.807, 2.05) is 18.2 Å². The van der Waals surface area contributed by atoms with E-state index in [4.69, 9.17) is 4.74 Å². The van der Waals surface area contributed by atoms with E-state index < -0.39 is 16.9 Å². The maximum atomic E-state index is 12.4. The van der Waals surface area contributed by atoms with Crippen LogP contribution in [0.3, 0.4) is 0 Å². The number of anilines is 1. The van der Waals surface area contributed by atoms with E-state index in [1.165, 1.54) is 25.1 Å². The summed E-state index contributed by atoms with van der Waals surface area (Å²) in [5.41, 5.74) is 0.216. The molecule has 0 spiro atoms. The summed E-state index contributed by atoms with van der Waals surface area (Å²) in [7, 11) is 0. The van der Waals surface area contributed by atoms with Gasteiger partial charge in [-0.25, -0.2) is 0 Å². The van der Waals surface area contributed by atoms with Crippen molar-refractivity contribution in [2.75, 3.05) is 5.32 Å². The monoisotopic (exact) mass is 364 g/mol. The zero-order valence-electron chi connectivity index (χ0n) is 14.4. The lowest BCUT2D eigenvalue weighted by molar-refractivity contribution is -0.383. The fraction of sp³-hybridized carbons (Fsp3) is 0.100. The number of benzene rings is 3. The standard InChI is InChI=1S/C20H16N2O5/c1-13(20(24)21-17-8-4-5-9-18(17)22(25)26)27-19-11-10-14-6-2-3-7-15(14)16(19)12-23/h2-13H,1H3,(H,21,24)/t13-/m0/s1. The Morgan fingerprint density at radius 1 is 1.11 bits per heavy atom. The van der Waals surface area contributed by atoms with E-state index in [-0.39, 0.29) is 17.1 Å². The molecule has 3 rings (SSSR count). The highest BCUT2D eigenvalue weighted by atomic mass is 16.6. The van der Waals surface area contributed by atoms with E-state index in [1.54, 1.807) is 24.3 Å². The maximum absolute atomic E-state index is 12.4. The van der Waals surface area contributed by atoms with E-state index >= 15 is 0 Å². The van der Waals surface area contributed by atoms with Gasteiger partial charge in [-0.3, -0.25) is 19.7 Å². The molecule has 136 valence electrons. The number of aldehydes is 1. The molecular weight excluding hydrogens is 348 g/mol. The summed E-state index contributed by atoms with van der Waals surface area (Å²) in [6, 6.07) is 16.6. The van der Waals surface area contributed by atoms with Crippen LogP contribution < -0.4 is 10.1 Å². The van der Waals surface area contributed by atoms with Crippen molar-refractivity contribution in [1.82, 2.24) is 0 Å².